The number of esters is 1. The van der Waals surface area contributed by atoms with Gasteiger partial charge in [0.2, 0.25) is 11.8 Å². The molecule has 0 spiro atoms. The van der Waals surface area contributed by atoms with Crippen molar-refractivity contribution in [2.75, 3.05) is 0 Å². The minimum Gasteiger partial charge on any atom is -0.457 e. The van der Waals surface area contributed by atoms with Gasteiger partial charge in [-0.05, 0) is 54.1 Å². The number of nitrogens with zero attached hydrogens (tertiary/aromatic N) is 2. The van der Waals surface area contributed by atoms with Crippen molar-refractivity contribution >= 4 is 17.6 Å². The van der Waals surface area contributed by atoms with Crippen molar-refractivity contribution in [1.29, 1.82) is 0 Å². The van der Waals surface area contributed by atoms with Gasteiger partial charge in [-0.3, -0.25) is 0 Å². The first-order valence-corrected chi connectivity index (χ1v) is 8.98. The van der Waals surface area contributed by atoms with E-state index in [0.29, 0.717) is 22.4 Å². The summed E-state index contributed by atoms with van der Waals surface area (Å²) >= 11 is 5.85. The molecule has 0 atom stereocenters. The van der Waals surface area contributed by atoms with E-state index in [2.05, 4.69) is 10.2 Å². The predicted octanol–water partition coefficient (Wildman–Crippen LogP) is 5.41. The Morgan fingerprint density at radius 1 is 0.821 bits per heavy atom. The van der Waals surface area contributed by atoms with Crippen LogP contribution >= 0.6 is 11.6 Å². The number of hydrogen-bond donors (Lipinski definition) is 0. The maximum absolute atomic E-state index is 12.2. The molecule has 5 nitrogen and oxygen atoms in total. The van der Waals surface area contributed by atoms with Crippen molar-refractivity contribution < 1.29 is 13.9 Å². The van der Waals surface area contributed by atoms with Crippen LogP contribution in [0.1, 0.15) is 15.9 Å². The lowest BCUT2D eigenvalue weighted by molar-refractivity contribution is 0.0472. The highest BCUT2D eigenvalue weighted by atomic mass is 35.5. The number of halogens is 1. The van der Waals surface area contributed by atoms with E-state index in [-0.39, 0.29) is 6.61 Å². The van der Waals surface area contributed by atoms with Crippen molar-refractivity contribution in [2.24, 2.45) is 0 Å². The molecule has 0 aliphatic rings. The molecule has 6 heteroatoms. The molecule has 4 rings (SSSR count). The normalized spacial score (nSPS) is 10.6. The molecule has 0 aliphatic carbocycles. The van der Waals surface area contributed by atoms with E-state index in [1.165, 1.54) is 0 Å². The Balaban J connectivity index is 1.43. The van der Waals surface area contributed by atoms with E-state index in [9.17, 15) is 4.79 Å². The number of rotatable bonds is 5. The highest BCUT2D eigenvalue weighted by Gasteiger charge is 2.12. The summed E-state index contributed by atoms with van der Waals surface area (Å²) in [5.74, 6) is 0.430. The second-order valence-electron chi connectivity index (χ2n) is 6.06. The summed E-state index contributed by atoms with van der Waals surface area (Å²) in [5, 5.41) is 8.79. The Morgan fingerprint density at radius 2 is 1.43 bits per heavy atom. The van der Waals surface area contributed by atoms with Crippen LogP contribution in [0.4, 0.5) is 0 Å². The summed E-state index contributed by atoms with van der Waals surface area (Å²) in [7, 11) is 0. The molecular weight excluding hydrogens is 376 g/mol. The number of carbonyl (C=O) groups is 1. The lowest BCUT2D eigenvalue weighted by Gasteiger charge is -2.05. The second-order valence-corrected chi connectivity index (χ2v) is 6.49. The fraction of sp³-hybridized carbons (Fsp3) is 0.0455. The molecule has 0 bridgehead atoms. The van der Waals surface area contributed by atoms with E-state index in [0.717, 1.165) is 16.7 Å². The molecule has 138 valence electrons. The van der Waals surface area contributed by atoms with Crippen molar-refractivity contribution in [3.8, 4) is 22.9 Å². The highest BCUT2D eigenvalue weighted by molar-refractivity contribution is 6.30. The molecule has 0 fully saturated rings. The van der Waals surface area contributed by atoms with Crippen LogP contribution in [0.2, 0.25) is 5.02 Å². The van der Waals surface area contributed by atoms with Crippen LogP contribution in [-0.2, 0) is 11.3 Å². The number of benzene rings is 3. The minimum absolute atomic E-state index is 0.182. The van der Waals surface area contributed by atoms with Crippen molar-refractivity contribution in [3.05, 3.63) is 95.0 Å². The number of aromatic nitrogens is 2. The Bertz CT molecular complexity index is 1070. The summed E-state index contributed by atoms with van der Waals surface area (Å²) in [6.07, 6.45) is 0. The second kappa shape index (κ2) is 8.06. The molecule has 0 N–H and O–H groups in total. The topological polar surface area (TPSA) is 65.2 Å². The van der Waals surface area contributed by atoms with Gasteiger partial charge >= 0.3 is 5.97 Å². The fourth-order valence-electron chi connectivity index (χ4n) is 2.60. The molecular formula is C22H15ClN2O3. The van der Waals surface area contributed by atoms with Gasteiger partial charge < -0.3 is 9.15 Å². The summed E-state index contributed by atoms with van der Waals surface area (Å²) in [6, 6.07) is 23.5. The molecule has 1 aromatic heterocycles. The number of ether oxygens (including phenoxy) is 1. The third kappa shape index (κ3) is 4.10. The molecule has 0 saturated heterocycles. The Morgan fingerprint density at radius 3 is 2.07 bits per heavy atom. The van der Waals surface area contributed by atoms with Gasteiger partial charge in [0.25, 0.3) is 0 Å². The summed E-state index contributed by atoms with van der Waals surface area (Å²) in [4.78, 5) is 12.2. The zero-order valence-electron chi connectivity index (χ0n) is 14.7. The van der Waals surface area contributed by atoms with Gasteiger partial charge in [-0.1, -0.05) is 41.9 Å². The molecule has 0 amide bonds. The van der Waals surface area contributed by atoms with Gasteiger partial charge in [0.1, 0.15) is 6.61 Å². The maximum Gasteiger partial charge on any atom is 0.338 e. The molecule has 28 heavy (non-hydrogen) atoms. The smallest absolute Gasteiger partial charge is 0.338 e. The third-order valence-electron chi connectivity index (χ3n) is 4.10. The first kappa shape index (κ1) is 17.9. The van der Waals surface area contributed by atoms with E-state index < -0.39 is 5.97 Å². The maximum atomic E-state index is 12.2. The van der Waals surface area contributed by atoms with E-state index in [1.54, 1.807) is 36.4 Å². The Hall–Kier alpha value is -3.44. The summed E-state index contributed by atoms with van der Waals surface area (Å²) in [5.41, 5.74) is 2.89. The first-order chi connectivity index (χ1) is 13.7. The summed E-state index contributed by atoms with van der Waals surface area (Å²) < 4.78 is 11.0. The Labute approximate surface area is 166 Å². The average molecular weight is 391 g/mol. The van der Waals surface area contributed by atoms with Gasteiger partial charge in [0, 0.05) is 16.1 Å². The number of carbonyl (C=O) groups excluding carboxylic acids is 1. The quantitative estimate of drug-likeness (QED) is 0.426. The predicted molar refractivity (Wildman–Crippen MR) is 106 cm³/mol. The standard InChI is InChI=1S/C22H15ClN2O3/c23-19-12-6-15(7-13-19)14-27-22(26)18-10-8-17(9-11-18)21-25-24-20(28-21)16-4-2-1-3-5-16/h1-13H,14H2. The largest absolute Gasteiger partial charge is 0.457 e. The lowest BCUT2D eigenvalue weighted by atomic mass is 10.1. The van der Waals surface area contributed by atoms with Crippen LogP contribution < -0.4 is 0 Å². The summed E-state index contributed by atoms with van der Waals surface area (Å²) in [6.45, 7) is 0.182. The van der Waals surface area contributed by atoms with Crippen LogP contribution in [0.5, 0.6) is 0 Å². The van der Waals surface area contributed by atoms with Crippen LogP contribution in [0, 0.1) is 0 Å². The lowest BCUT2D eigenvalue weighted by Crippen LogP contribution is -2.05. The molecule has 3 aromatic carbocycles. The highest BCUT2D eigenvalue weighted by Crippen LogP contribution is 2.24. The van der Waals surface area contributed by atoms with Crippen LogP contribution in [-0.4, -0.2) is 16.2 Å². The van der Waals surface area contributed by atoms with Crippen LogP contribution in [0.3, 0.4) is 0 Å². The van der Waals surface area contributed by atoms with Gasteiger partial charge in [-0.25, -0.2) is 4.79 Å². The van der Waals surface area contributed by atoms with E-state index >= 15 is 0 Å². The minimum atomic E-state index is -0.406. The van der Waals surface area contributed by atoms with Crippen molar-refractivity contribution in [1.82, 2.24) is 10.2 Å². The zero-order chi connectivity index (χ0) is 19.3. The van der Waals surface area contributed by atoms with E-state index in [1.807, 2.05) is 42.5 Å². The monoisotopic (exact) mass is 390 g/mol. The zero-order valence-corrected chi connectivity index (χ0v) is 15.5. The number of hydrogen-bond acceptors (Lipinski definition) is 5. The van der Waals surface area contributed by atoms with Gasteiger partial charge in [-0.2, -0.15) is 0 Å². The van der Waals surface area contributed by atoms with E-state index in [4.69, 9.17) is 20.8 Å². The van der Waals surface area contributed by atoms with Crippen molar-refractivity contribution in [2.45, 2.75) is 6.61 Å². The molecule has 0 radical (unpaired) electrons. The van der Waals surface area contributed by atoms with Crippen LogP contribution in [0.15, 0.2) is 83.3 Å². The molecule has 0 saturated carbocycles. The molecule has 0 unspecified atom stereocenters. The van der Waals surface area contributed by atoms with Crippen molar-refractivity contribution in [3.63, 3.8) is 0 Å². The first-order valence-electron chi connectivity index (χ1n) is 8.60. The Kier molecular flexibility index (Phi) is 5.17. The molecule has 4 aromatic rings. The molecule has 1 heterocycles. The molecule has 0 aliphatic heterocycles. The SMILES string of the molecule is O=C(OCc1ccc(Cl)cc1)c1ccc(-c2nnc(-c3ccccc3)o2)cc1. The average Bonchev–Trinajstić information content (AvgIpc) is 3.24. The van der Waals surface area contributed by atoms with Gasteiger partial charge in [-0.15, -0.1) is 10.2 Å². The third-order valence-corrected chi connectivity index (χ3v) is 4.35. The van der Waals surface area contributed by atoms with Crippen LogP contribution in [0.25, 0.3) is 22.9 Å². The fourth-order valence-corrected chi connectivity index (χ4v) is 2.72. The van der Waals surface area contributed by atoms with Gasteiger partial charge in [0.05, 0.1) is 5.56 Å². The van der Waals surface area contributed by atoms with Gasteiger partial charge in [0.15, 0.2) is 0 Å².